The second-order valence-corrected chi connectivity index (χ2v) is 5.57. The van der Waals surface area contributed by atoms with Gasteiger partial charge in [-0.2, -0.15) is 11.8 Å². The molecule has 1 rings (SSSR count). The number of halogens is 2. The summed E-state index contributed by atoms with van der Waals surface area (Å²) in [6.45, 7) is 0. The van der Waals surface area contributed by atoms with Gasteiger partial charge in [-0.15, -0.1) is 0 Å². The van der Waals surface area contributed by atoms with Crippen LogP contribution >= 0.6 is 35.0 Å². The van der Waals surface area contributed by atoms with Crippen molar-refractivity contribution in [2.45, 2.75) is 12.5 Å². The number of thioether (sulfide) groups is 1. The molecule has 0 fully saturated rings. The standard InChI is InChI=1S/C12H13Cl2NO3S/c1-19-5-4-10(12(17)18)15-11(16)7-2-3-8(13)9(14)6-7/h2-3,6,10H,4-5H2,1H3,(H,15,16)(H,17,18). The average Bonchev–Trinajstić information content (AvgIpc) is 2.37. The maximum absolute atomic E-state index is 11.9. The number of carboxylic acids is 1. The molecule has 19 heavy (non-hydrogen) atoms. The maximum Gasteiger partial charge on any atom is 0.326 e. The van der Waals surface area contributed by atoms with E-state index in [1.54, 1.807) is 0 Å². The van der Waals surface area contributed by atoms with E-state index in [-0.39, 0.29) is 10.6 Å². The third-order valence-electron chi connectivity index (χ3n) is 2.40. The minimum Gasteiger partial charge on any atom is -0.480 e. The van der Waals surface area contributed by atoms with E-state index < -0.39 is 17.9 Å². The number of hydrogen-bond acceptors (Lipinski definition) is 3. The highest BCUT2D eigenvalue weighted by atomic mass is 35.5. The first-order valence-corrected chi connectivity index (χ1v) is 7.58. The molecule has 0 heterocycles. The molecule has 1 amide bonds. The van der Waals surface area contributed by atoms with E-state index in [1.807, 2.05) is 6.26 Å². The molecule has 0 aliphatic carbocycles. The molecule has 0 saturated heterocycles. The van der Waals surface area contributed by atoms with Crippen molar-refractivity contribution in [2.24, 2.45) is 0 Å². The van der Waals surface area contributed by atoms with Crippen molar-refractivity contribution in [3.63, 3.8) is 0 Å². The molecule has 0 spiro atoms. The Hall–Kier alpha value is -0.910. The molecule has 0 radical (unpaired) electrons. The summed E-state index contributed by atoms with van der Waals surface area (Å²) < 4.78 is 0. The van der Waals surface area contributed by atoms with Crippen molar-refractivity contribution in [2.75, 3.05) is 12.0 Å². The Balaban J connectivity index is 2.75. The normalized spacial score (nSPS) is 11.9. The number of benzene rings is 1. The average molecular weight is 322 g/mol. The number of carbonyl (C=O) groups excluding carboxylic acids is 1. The Kier molecular flexibility index (Phi) is 6.48. The molecule has 1 unspecified atom stereocenters. The molecular weight excluding hydrogens is 309 g/mol. The van der Waals surface area contributed by atoms with E-state index >= 15 is 0 Å². The van der Waals surface area contributed by atoms with Gasteiger partial charge < -0.3 is 10.4 Å². The molecular formula is C12H13Cl2NO3S. The molecule has 1 aromatic rings. The summed E-state index contributed by atoms with van der Waals surface area (Å²) in [6, 6.07) is 3.50. The SMILES string of the molecule is CSCCC(NC(=O)c1ccc(Cl)c(Cl)c1)C(=O)O. The van der Waals surface area contributed by atoms with E-state index in [9.17, 15) is 9.59 Å². The van der Waals surface area contributed by atoms with E-state index in [0.717, 1.165) is 0 Å². The summed E-state index contributed by atoms with van der Waals surface area (Å²) in [5.74, 6) is -0.881. The van der Waals surface area contributed by atoms with Crippen LogP contribution in [0.2, 0.25) is 10.0 Å². The third-order valence-corrected chi connectivity index (χ3v) is 3.78. The van der Waals surface area contributed by atoms with Crippen molar-refractivity contribution in [3.8, 4) is 0 Å². The van der Waals surface area contributed by atoms with E-state index in [0.29, 0.717) is 17.2 Å². The Bertz CT molecular complexity index is 482. The lowest BCUT2D eigenvalue weighted by Crippen LogP contribution is -2.41. The lowest BCUT2D eigenvalue weighted by atomic mass is 10.1. The molecule has 7 heteroatoms. The van der Waals surface area contributed by atoms with Crippen LogP contribution in [0.5, 0.6) is 0 Å². The van der Waals surface area contributed by atoms with Gasteiger partial charge in [0.05, 0.1) is 10.0 Å². The summed E-state index contributed by atoms with van der Waals surface area (Å²) in [5, 5.41) is 12.1. The molecule has 0 bridgehead atoms. The highest BCUT2D eigenvalue weighted by Gasteiger charge is 2.20. The van der Waals surface area contributed by atoms with Crippen molar-refractivity contribution >= 4 is 46.8 Å². The summed E-state index contributed by atoms with van der Waals surface area (Å²) in [6.07, 6.45) is 2.24. The van der Waals surface area contributed by atoms with E-state index in [1.165, 1.54) is 30.0 Å². The van der Waals surface area contributed by atoms with Crippen molar-refractivity contribution in [3.05, 3.63) is 33.8 Å². The fourth-order valence-corrected chi connectivity index (χ4v) is 2.14. The smallest absolute Gasteiger partial charge is 0.326 e. The molecule has 0 aromatic heterocycles. The van der Waals surface area contributed by atoms with Gasteiger partial charge >= 0.3 is 5.97 Å². The van der Waals surface area contributed by atoms with Crippen LogP contribution in [0.25, 0.3) is 0 Å². The van der Waals surface area contributed by atoms with E-state index in [4.69, 9.17) is 28.3 Å². The number of carbonyl (C=O) groups is 2. The number of carboxylic acid groups (broad SMARTS) is 1. The van der Waals surface area contributed by atoms with E-state index in [2.05, 4.69) is 5.32 Å². The number of nitrogens with one attached hydrogen (secondary N) is 1. The van der Waals surface area contributed by atoms with Gasteiger partial charge in [-0.3, -0.25) is 4.79 Å². The van der Waals surface area contributed by atoms with Gasteiger partial charge in [-0.05, 0) is 36.6 Å². The lowest BCUT2D eigenvalue weighted by molar-refractivity contribution is -0.139. The van der Waals surface area contributed by atoms with Crippen LogP contribution in [0, 0.1) is 0 Å². The van der Waals surface area contributed by atoms with Crippen LogP contribution < -0.4 is 5.32 Å². The van der Waals surface area contributed by atoms with Gasteiger partial charge in [0.25, 0.3) is 5.91 Å². The van der Waals surface area contributed by atoms with Crippen molar-refractivity contribution in [1.82, 2.24) is 5.32 Å². The van der Waals surface area contributed by atoms with Gasteiger partial charge in [0.2, 0.25) is 0 Å². The molecule has 1 aromatic carbocycles. The lowest BCUT2D eigenvalue weighted by Gasteiger charge is -2.14. The van der Waals surface area contributed by atoms with Gasteiger partial charge in [-0.1, -0.05) is 23.2 Å². The zero-order valence-corrected chi connectivity index (χ0v) is 12.5. The van der Waals surface area contributed by atoms with Crippen LogP contribution in [0.3, 0.4) is 0 Å². The van der Waals surface area contributed by atoms with Crippen LogP contribution in [0.15, 0.2) is 18.2 Å². The minimum absolute atomic E-state index is 0.255. The van der Waals surface area contributed by atoms with Gasteiger partial charge in [0.15, 0.2) is 0 Å². The van der Waals surface area contributed by atoms with Crippen LogP contribution in [-0.4, -0.2) is 35.0 Å². The predicted molar refractivity (Wildman–Crippen MR) is 78.4 cm³/mol. The Labute approximate surface area is 125 Å². The number of aliphatic carboxylic acids is 1. The molecule has 1 atom stereocenters. The minimum atomic E-state index is -1.05. The third kappa shape index (κ3) is 4.93. The number of hydrogen-bond donors (Lipinski definition) is 2. The zero-order valence-electron chi connectivity index (χ0n) is 10.2. The highest BCUT2D eigenvalue weighted by molar-refractivity contribution is 7.98. The van der Waals surface area contributed by atoms with Gasteiger partial charge in [0.1, 0.15) is 6.04 Å². The van der Waals surface area contributed by atoms with Crippen molar-refractivity contribution < 1.29 is 14.7 Å². The second kappa shape index (κ2) is 7.62. The largest absolute Gasteiger partial charge is 0.480 e. The first-order valence-electron chi connectivity index (χ1n) is 5.43. The summed E-state index contributed by atoms with van der Waals surface area (Å²) >= 11 is 13.1. The monoisotopic (exact) mass is 321 g/mol. The summed E-state index contributed by atoms with van der Waals surface area (Å²) in [4.78, 5) is 22.9. The maximum atomic E-state index is 11.9. The Morgan fingerprint density at radius 2 is 2.05 bits per heavy atom. The van der Waals surface area contributed by atoms with Crippen molar-refractivity contribution in [1.29, 1.82) is 0 Å². The first kappa shape index (κ1) is 16.1. The highest BCUT2D eigenvalue weighted by Crippen LogP contribution is 2.22. The summed E-state index contributed by atoms with van der Waals surface area (Å²) in [7, 11) is 0. The second-order valence-electron chi connectivity index (χ2n) is 3.77. The molecule has 4 nitrogen and oxygen atoms in total. The molecule has 0 aliphatic heterocycles. The first-order chi connectivity index (χ1) is 8.95. The quantitative estimate of drug-likeness (QED) is 0.845. The number of rotatable bonds is 6. The van der Waals surface area contributed by atoms with Crippen LogP contribution in [-0.2, 0) is 4.79 Å². The van der Waals surface area contributed by atoms with Gasteiger partial charge in [-0.25, -0.2) is 4.79 Å². The topological polar surface area (TPSA) is 66.4 Å². The molecule has 0 saturated carbocycles. The Morgan fingerprint density at radius 3 is 2.58 bits per heavy atom. The fraction of sp³-hybridized carbons (Fsp3) is 0.333. The Morgan fingerprint density at radius 1 is 1.37 bits per heavy atom. The summed E-state index contributed by atoms with van der Waals surface area (Å²) in [5.41, 5.74) is 0.282. The van der Waals surface area contributed by atoms with Gasteiger partial charge in [0, 0.05) is 5.56 Å². The molecule has 2 N–H and O–H groups in total. The van der Waals surface area contributed by atoms with Crippen LogP contribution in [0.4, 0.5) is 0 Å². The predicted octanol–water partition coefficient (Wildman–Crippen LogP) is 2.93. The molecule has 104 valence electrons. The number of amides is 1. The fourth-order valence-electron chi connectivity index (χ4n) is 1.37. The van der Waals surface area contributed by atoms with Crippen LogP contribution in [0.1, 0.15) is 16.8 Å². The molecule has 0 aliphatic rings. The zero-order chi connectivity index (χ0) is 14.4.